The number of aromatic nitrogens is 1. The summed E-state index contributed by atoms with van der Waals surface area (Å²) < 4.78 is 75.4. The van der Waals surface area contributed by atoms with Crippen LogP contribution >= 0.6 is 0 Å². The summed E-state index contributed by atoms with van der Waals surface area (Å²) in [5, 5.41) is 15.4. The van der Waals surface area contributed by atoms with Crippen LogP contribution in [0.15, 0.2) is 49.1 Å². The molecule has 1 aromatic heterocycles. The number of carboxylic acid groups (broad SMARTS) is 2. The van der Waals surface area contributed by atoms with Crippen molar-refractivity contribution in [3.63, 3.8) is 0 Å². The molecule has 0 spiro atoms. The van der Waals surface area contributed by atoms with E-state index in [2.05, 4.69) is 41.8 Å². The van der Waals surface area contributed by atoms with E-state index < -0.39 is 24.3 Å². The maximum Gasteiger partial charge on any atom is 0.490 e. The van der Waals surface area contributed by atoms with Gasteiger partial charge in [-0.05, 0) is 25.0 Å². The Labute approximate surface area is 213 Å². The molecular formula is C24H26F6N2O6. The fourth-order valence-corrected chi connectivity index (χ4v) is 3.96. The Bertz CT molecular complexity index is 1070. The molecule has 2 heterocycles. The largest absolute Gasteiger partial charge is 0.490 e. The highest BCUT2D eigenvalue weighted by atomic mass is 19.4. The number of rotatable bonds is 5. The van der Waals surface area contributed by atoms with Gasteiger partial charge in [-0.15, -0.1) is 6.58 Å². The predicted octanol–water partition coefficient (Wildman–Crippen LogP) is 4.44. The highest BCUT2D eigenvalue weighted by Crippen LogP contribution is 2.33. The zero-order valence-corrected chi connectivity index (χ0v) is 19.9. The van der Waals surface area contributed by atoms with Crippen LogP contribution in [0.1, 0.15) is 18.5 Å². The van der Waals surface area contributed by atoms with Crippen molar-refractivity contribution in [3.05, 3.63) is 54.7 Å². The van der Waals surface area contributed by atoms with Crippen molar-refractivity contribution in [3.8, 4) is 0 Å². The molecule has 2 aliphatic rings. The zero-order valence-electron chi connectivity index (χ0n) is 19.9. The summed E-state index contributed by atoms with van der Waals surface area (Å²) in [6, 6.07) is 13.0. The molecule has 8 nitrogen and oxygen atoms in total. The number of fused-ring (bicyclic) bond motifs is 2. The minimum Gasteiger partial charge on any atom is -0.475 e. The fraction of sp³-hybridized carbons (Fsp3) is 0.458. The third-order valence-electron chi connectivity index (χ3n) is 5.58. The van der Waals surface area contributed by atoms with E-state index in [0.29, 0.717) is 12.6 Å². The topological polar surface area (TPSA) is 109 Å². The van der Waals surface area contributed by atoms with Gasteiger partial charge in [-0.1, -0.05) is 30.3 Å². The van der Waals surface area contributed by atoms with Crippen LogP contribution in [0.4, 0.5) is 26.3 Å². The van der Waals surface area contributed by atoms with Gasteiger partial charge in [0.1, 0.15) is 0 Å². The number of aliphatic carboxylic acids is 2. The molecule has 2 aromatic rings. The summed E-state index contributed by atoms with van der Waals surface area (Å²) in [4.78, 5) is 25.1. The highest BCUT2D eigenvalue weighted by molar-refractivity contribution is 5.78. The Hall–Kier alpha value is -3.23. The van der Waals surface area contributed by atoms with Gasteiger partial charge in [0, 0.05) is 24.5 Å². The first kappa shape index (κ1) is 31.0. The van der Waals surface area contributed by atoms with Gasteiger partial charge in [-0.3, -0.25) is 9.88 Å². The van der Waals surface area contributed by atoms with Crippen molar-refractivity contribution in [1.82, 2.24) is 9.88 Å². The first-order valence-electron chi connectivity index (χ1n) is 11.3. The van der Waals surface area contributed by atoms with Gasteiger partial charge in [0.15, 0.2) is 0 Å². The second-order valence-electron chi connectivity index (χ2n) is 8.21. The molecule has 1 aliphatic heterocycles. The molecular weight excluding hydrogens is 526 g/mol. The molecule has 38 heavy (non-hydrogen) atoms. The Morgan fingerprint density at radius 1 is 1.05 bits per heavy atom. The monoisotopic (exact) mass is 552 g/mol. The molecule has 0 bridgehead atoms. The predicted molar refractivity (Wildman–Crippen MR) is 122 cm³/mol. The van der Waals surface area contributed by atoms with Crippen molar-refractivity contribution in [2.24, 2.45) is 0 Å². The van der Waals surface area contributed by atoms with E-state index in [1.807, 2.05) is 12.1 Å². The third-order valence-corrected chi connectivity index (χ3v) is 5.58. The standard InChI is InChI=1S/C20H24N2O2.2C2HF3O2/c1-2-12-23-19-10-9-18-20(19)24-13-11-22(18)14-16-8-7-15-5-3-4-6-17(15)21-16;2*3-2(4,5)1(6)7/h2-8,18-20H,1,9-14H2;2*(H,6,7)/t18-,19-,20+;;/m0../s1. The first-order chi connectivity index (χ1) is 17.7. The van der Waals surface area contributed by atoms with Crippen LogP contribution in [0.3, 0.4) is 0 Å². The molecule has 0 amide bonds. The number of carbonyl (C=O) groups is 2. The molecule has 3 atom stereocenters. The molecule has 2 fully saturated rings. The van der Waals surface area contributed by atoms with Crippen LogP contribution in [0.2, 0.25) is 0 Å². The number of hydrogen-bond donors (Lipinski definition) is 2. The second-order valence-corrected chi connectivity index (χ2v) is 8.21. The van der Waals surface area contributed by atoms with Crippen LogP contribution in [-0.4, -0.2) is 82.4 Å². The fourth-order valence-electron chi connectivity index (χ4n) is 3.96. The van der Waals surface area contributed by atoms with Crippen molar-refractivity contribution >= 4 is 22.8 Å². The van der Waals surface area contributed by atoms with E-state index in [-0.39, 0.29) is 12.2 Å². The minimum absolute atomic E-state index is 0.180. The number of hydrogen-bond acceptors (Lipinski definition) is 6. The van der Waals surface area contributed by atoms with Crippen molar-refractivity contribution in [2.75, 3.05) is 19.8 Å². The number of carboxylic acids is 2. The molecule has 1 saturated carbocycles. The Morgan fingerprint density at radius 2 is 1.66 bits per heavy atom. The summed E-state index contributed by atoms with van der Waals surface area (Å²) in [5.41, 5.74) is 2.20. The quantitative estimate of drug-likeness (QED) is 0.414. The summed E-state index contributed by atoms with van der Waals surface area (Å²) in [6.45, 7) is 6.94. The van der Waals surface area contributed by atoms with Gasteiger partial charge in [0.05, 0.1) is 36.6 Å². The van der Waals surface area contributed by atoms with Crippen molar-refractivity contribution in [2.45, 2.75) is 50.0 Å². The average Bonchev–Trinajstić information content (AvgIpc) is 3.26. The smallest absolute Gasteiger partial charge is 0.475 e. The summed E-state index contributed by atoms with van der Waals surface area (Å²) in [6.07, 6.45) is -5.79. The lowest BCUT2D eigenvalue weighted by atomic mass is 10.1. The summed E-state index contributed by atoms with van der Waals surface area (Å²) in [7, 11) is 0. The first-order valence-corrected chi connectivity index (χ1v) is 11.3. The van der Waals surface area contributed by atoms with Crippen molar-refractivity contribution in [1.29, 1.82) is 0 Å². The second kappa shape index (κ2) is 13.5. The van der Waals surface area contributed by atoms with Gasteiger partial charge >= 0.3 is 24.3 Å². The lowest BCUT2D eigenvalue weighted by Crippen LogP contribution is -2.51. The summed E-state index contributed by atoms with van der Waals surface area (Å²) >= 11 is 0. The number of halogens is 6. The van der Waals surface area contributed by atoms with E-state index >= 15 is 0 Å². The molecule has 1 aliphatic carbocycles. The normalized spacial score (nSPS) is 21.4. The number of ether oxygens (including phenoxy) is 2. The molecule has 210 valence electrons. The van der Waals surface area contributed by atoms with E-state index in [4.69, 9.17) is 34.3 Å². The maximum absolute atomic E-state index is 10.6. The molecule has 1 aromatic carbocycles. The molecule has 0 radical (unpaired) electrons. The number of alkyl halides is 6. The van der Waals surface area contributed by atoms with Crippen LogP contribution in [0.5, 0.6) is 0 Å². The molecule has 4 rings (SSSR count). The van der Waals surface area contributed by atoms with Crippen LogP contribution in [0.25, 0.3) is 10.9 Å². The van der Waals surface area contributed by atoms with Gasteiger partial charge in [0.2, 0.25) is 0 Å². The molecule has 0 unspecified atom stereocenters. The SMILES string of the molecule is C=CCO[C@H]1CC[C@H]2[C@H]1OCCN2Cc1ccc2ccccc2n1.O=C(O)C(F)(F)F.O=C(O)C(F)(F)F. The van der Waals surface area contributed by atoms with E-state index in [0.717, 1.165) is 43.7 Å². The van der Waals surface area contributed by atoms with Crippen LogP contribution in [0, 0.1) is 0 Å². The highest BCUT2D eigenvalue weighted by Gasteiger charge is 2.43. The zero-order chi connectivity index (χ0) is 28.5. The number of pyridine rings is 1. The van der Waals surface area contributed by atoms with Crippen molar-refractivity contribution < 1.29 is 55.6 Å². The Morgan fingerprint density at radius 3 is 2.24 bits per heavy atom. The lowest BCUT2D eigenvalue weighted by molar-refractivity contribution is -0.193. The maximum atomic E-state index is 10.6. The third kappa shape index (κ3) is 9.26. The van der Waals surface area contributed by atoms with Gasteiger partial charge in [-0.2, -0.15) is 26.3 Å². The minimum atomic E-state index is -5.08. The number of morpholine rings is 1. The van der Waals surface area contributed by atoms with E-state index in [1.165, 1.54) is 5.39 Å². The van der Waals surface area contributed by atoms with E-state index in [9.17, 15) is 26.3 Å². The molecule has 2 N–H and O–H groups in total. The van der Waals surface area contributed by atoms with Crippen LogP contribution < -0.4 is 0 Å². The van der Waals surface area contributed by atoms with Gasteiger partial charge in [-0.25, -0.2) is 9.59 Å². The Kier molecular flexibility index (Phi) is 11.0. The van der Waals surface area contributed by atoms with Gasteiger partial charge < -0.3 is 19.7 Å². The number of benzene rings is 1. The lowest BCUT2D eigenvalue weighted by Gasteiger charge is -2.38. The van der Waals surface area contributed by atoms with Crippen LogP contribution in [-0.2, 0) is 25.6 Å². The molecule has 1 saturated heterocycles. The Balaban J connectivity index is 0.000000301. The summed E-state index contributed by atoms with van der Waals surface area (Å²) in [5.74, 6) is -5.51. The van der Waals surface area contributed by atoms with Gasteiger partial charge in [0.25, 0.3) is 0 Å². The molecule has 14 heteroatoms. The van der Waals surface area contributed by atoms with E-state index in [1.54, 1.807) is 0 Å². The number of para-hydroxylation sites is 1. The average molecular weight is 552 g/mol. The number of nitrogens with zero attached hydrogens (tertiary/aromatic N) is 2.